The minimum absolute atomic E-state index is 0.109. The van der Waals surface area contributed by atoms with Gasteiger partial charge in [0.1, 0.15) is 6.54 Å². The predicted molar refractivity (Wildman–Crippen MR) is 137 cm³/mol. The molecule has 0 saturated carbocycles. The fourth-order valence-corrected chi connectivity index (χ4v) is 4.72. The Bertz CT molecular complexity index is 1180. The molecule has 0 radical (unpaired) electrons. The van der Waals surface area contributed by atoms with E-state index in [1.165, 1.54) is 34.6 Å². The maximum atomic E-state index is 12.5. The Hall–Kier alpha value is -3.64. The normalized spacial score (nSPS) is 11.1. The summed E-state index contributed by atoms with van der Waals surface area (Å²) in [4.78, 5) is 36.6. The van der Waals surface area contributed by atoms with Crippen molar-refractivity contribution in [1.82, 2.24) is 9.62 Å². The zero-order chi connectivity index (χ0) is 27.4. The van der Waals surface area contributed by atoms with Gasteiger partial charge in [-0.1, -0.05) is 13.8 Å². The largest absolute Gasteiger partial charge is 0.490 e. The van der Waals surface area contributed by atoms with E-state index in [9.17, 15) is 22.8 Å². The highest BCUT2D eigenvalue weighted by atomic mass is 32.2. The molecule has 0 spiro atoms. The molecule has 37 heavy (non-hydrogen) atoms. The Kier molecular flexibility index (Phi) is 11.3. The van der Waals surface area contributed by atoms with Crippen molar-refractivity contribution < 1.29 is 37.0 Å². The van der Waals surface area contributed by atoms with Gasteiger partial charge in [-0.15, -0.1) is 0 Å². The number of hydrogen-bond donors (Lipinski definition) is 2. The molecule has 0 aliphatic carbocycles. The molecule has 2 aromatic rings. The molecule has 2 N–H and O–H groups in total. The van der Waals surface area contributed by atoms with Crippen molar-refractivity contribution in [3.05, 3.63) is 48.0 Å². The molecule has 0 fully saturated rings. The Morgan fingerprint density at radius 3 is 2.08 bits per heavy atom. The number of benzene rings is 2. The summed E-state index contributed by atoms with van der Waals surface area (Å²) in [6.45, 7) is 7.64. The van der Waals surface area contributed by atoms with Crippen LogP contribution in [0.4, 0.5) is 5.69 Å². The summed E-state index contributed by atoms with van der Waals surface area (Å²) in [5.41, 5.74) is 0.609. The molecular formula is C25H33N3O8S. The third-order valence-corrected chi connectivity index (χ3v) is 7.11. The number of carbonyl (C=O) groups excluding carboxylic acids is 3. The maximum absolute atomic E-state index is 12.5. The summed E-state index contributed by atoms with van der Waals surface area (Å²) in [6.07, 6.45) is 0. The SMILES string of the molecule is CCOc1ccc(C(=O)NCC(=O)OCC(=O)Nc2ccc(S(=O)(=O)N(CC)CC)cc2)cc1OCC. The van der Waals surface area contributed by atoms with E-state index in [0.29, 0.717) is 43.5 Å². The molecular weight excluding hydrogens is 502 g/mol. The molecule has 0 aliphatic rings. The smallest absolute Gasteiger partial charge is 0.325 e. The van der Waals surface area contributed by atoms with Crippen LogP contribution in [0.1, 0.15) is 38.1 Å². The lowest BCUT2D eigenvalue weighted by molar-refractivity contribution is -0.146. The first-order valence-corrected chi connectivity index (χ1v) is 13.3. The van der Waals surface area contributed by atoms with Crippen LogP contribution in [-0.2, 0) is 24.3 Å². The van der Waals surface area contributed by atoms with Gasteiger partial charge in [0.05, 0.1) is 18.1 Å². The average molecular weight is 536 g/mol. The quantitative estimate of drug-likeness (QED) is 0.352. The van der Waals surface area contributed by atoms with Gasteiger partial charge in [-0.3, -0.25) is 14.4 Å². The van der Waals surface area contributed by atoms with Gasteiger partial charge in [0.15, 0.2) is 18.1 Å². The highest BCUT2D eigenvalue weighted by Crippen LogP contribution is 2.28. The lowest BCUT2D eigenvalue weighted by Gasteiger charge is -2.18. The molecule has 2 amide bonds. The molecule has 0 bridgehead atoms. The Balaban J connectivity index is 1.84. The summed E-state index contributed by atoms with van der Waals surface area (Å²) in [5, 5.41) is 4.95. The van der Waals surface area contributed by atoms with E-state index in [0.717, 1.165) is 0 Å². The lowest BCUT2D eigenvalue weighted by atomic mass is 10.2. The number of amides is 2. The van der Waals surface area contributed by atoms with Gasteiger partial charge in [-0.05, 0) is 56.3 Å². The minimum Gasteiger partial charge on any atom is -0.490 e. The van der Waals surface area contributed by atoms with Gasteiger partial charge in [-0.2, -0.15) is 4.31 Å². The zero-order valence-corrected chi connectivity index (χ0v) is 22.2. The molecule has 0 atom stereocenters. The van der Waals surface area contributed by atoms with Gasteiger partial charge in [-0.25, -0.2) is 8.42 Å². The number of sulfonamides is 1. The molecule has 2 aromatic carbocycles. The summed E-state index contributed by atoms with van der Waals surface area (Å²) >= 11 is 0. The first-order valence-electron chi connectivity index (χ1n) is 11.9. The monoisotopic (exact) mass is 535 g/mol. The fraction of sp³-hybridized carbons (Fsp3) is 0.400. The van der Waals surface area contributed by atoms with E-state index in [1.54, 1.807) is 26.0 Å². The topological polar surface area (TPSA) is 140 Å². The number of rotatable bonds is 14. The molecule has 12 heteroatoms. The summed E-state index contributed by atoms with van der Waals surface area (Å²) in [5.74, 6) is -1.03. The zero-order valence-electron chi connectivity index (χ0n) is 21.4. The Morgan fingerprint density at radius 1 is 0.865 bits per heavy atom. The molecule has 0 heterocycles. The van der Waals surface area contributed by atoms with E-state index >= 15 is 0 Å². The van der Waals surface area contributed by atoms with Crippen LogP contribution in [0.5, 0.6) is 11.5 Å². The number of esters is 1. The van der Waals surface area contributed by atoms with E-state index < -0.39 is 41.0 Å². The van der Waals surface area contributed by atoms with Crippen LogP contribution in [0, 0.1) is 0 Å². The molecule has 0 aromatic heterocycles. The standard InChI is InChI=1S/C25H33N3O8S/c1-5-28(6-2)37(32,33)20-12-10-19(11-13-20)27-23(29)17-36-24(30)16-26-25(31)18-9-14-21(34-7-3)22(15-18)35-8-4/h9-15H,5-8,16-17H2,1-4H3,(H,26,31)(H,27,29). The van der Waals surface area contributed by atoms with Gasteiger partial charge in [0.2, 0.25) is 10.0 Å². The second kappa shape index (κ2) is 14.2. The first-order chi connectivity index (χ1) is 17.7. The van der Waals surface area contributed by atoms with Crippen LogP contribution >= 0.6 is 0 Å². The second-order valence-electron chi connectivity index (χ2n) is 7.53. The van der Waals surface area contributed by atoms with Crippen molar-refractivity contribution in [1.29, 1.82) is 0 Å². The Labute approximate surface area is 217 Å². The maximum Gasteiger partial charge on any atom is 0.325 e. The minimum atomic E-state index is -3.61. The van der Waals surface area contributed by atoms with Gasteiger partial charge >= 0.3 is 5.97 Å². The third-order valence-electron chi connectivity index (χ3n) is 5.04. The van der Waals surface area contributed by atoms with E-state index in [1.807, 2.05) is 13.8 Å². The molecule has 0 unspecified atom stereocenters. The molecule has 11 nitrogen and oxygen atoms in total. The number of ether oxygens (including phenoxy) is 3. The third kappa shape index (κ3) is 8.46. The first kappa shape index (κ1) is 29.6. The van der Waals surface area contributed by atoms with Crippen molar-refractivity contribution in [2.45, 2.75) is 32.6 Å². The van der Waals surface area contributed by atoms with Crippen LogP contribution in [-0.4, -0.2) is 70.0 Å². The van der Waals surface area contributed by atoms with Crippen molar-refractivity contribution in [2.24, 2.45) is 0 Å². The van der Waals surface area contributed by atoms with E-state index in [2.05, 4.69) is 10.6 Å². The number of nitrogens with zero attached hydrogens (tertiary/aromatic N) is 1. The van der Waals surface area contributed by atoms with E-state index in [-0.39, 0.29) is 10.5 Å². The molecule has 0 saturated heterocycles. The number of anilines is 1. The summed E-state index contributed by atoms with van der Waals surface area (Å²) in [7, 11) is -3.61. The van der Waals surface area contributed by atoms with Crippen LogP contribution < -0.4 is 20.1 Å². The molecule has 2 rings (SSSR count). The van der Waals surface area contributed by atoms with Crippen molar-refractivity contribution in [2.75, 3.05) is 44.8 Å². The highest BCUT2D eigenvalue weighted by Gasteiger charge is 2.21. The van der Waals surface area contributed by atoms with Crippen LogP contribution in [0.2, 0.25) is 0 Å². The Morgan fingerprint density at radius 2 is 1.49 bits per heavy atom. The molecule has 0 aliphatic heterocycles. The van der Waals surface area contributed by atoms with Crippen LogP contribution in [0.15, 0.2) is 47.4 Å². The van der Waals surface area contributed by atoms with Crippen molar-refractivity contribution in [3.8, 4) is 11.5 Å². The van der Waals surface area contributed by atoms with Crippen LogP contribution in [0.25, 0.3) is 0 Å². The average Bonchev–Trinajstić information content (AvgIpc) is 2.88. The van der Waals surface area contributed by atoms with Crippen molar-refractivity contribution >= 4 is 33.5 Å². The van der Waals surface area contributed by atoms with Gasteiger partial charge in [0, 0.05) is 24.3 Å². The predicted octanol–water partition coefficient (Wildman–Crippen LogP) is 2.43. The van der Waals surface area contributed by atoms with Crippen molar-refractivity contribution in [3.63, 3.8) is 0 Å². The van der Waals surface area contributed by atoms with Gasteiger partial charge < -0.3 is 24.8 Å². The second-order valence-corrected chi connectivity index (χ2v) is 9.47. The van der Waals surface area contributed by atoms with Gasteiger partial charge in [0.25, 0.3) is 11.8 Å². The number of nitrogens with one attached hydrogen (secondary N) is 2. The highest BCUT2D eigenvalue weighted by molar-refractivity contribution is 7.89. The van der Waals surface area contributed by atoms with E-state index in [4.69, 9.17) is 14.2 Å². The summed E-state index contributed by atoms with van der Waals surface area (Å²) in [6, 6.07) is 10.3. The number of carbonyl (C=O) groups is 3. The lowest BCUT2D eigenvalue weighted by Crippen LogP contribution is -2.32. The number of hydrogen-bond acceptors (Lipinski definition) is 8. The summed E-state index contributed by atoms with van der Waals surface area (Å²) < 4.78 is 42.2. The van der Waals surface area contributed by atoms with Crippen LogP contribution in [0.3, 0.4) is 0 Å². The molecule has 202 valence electrons. The fourth-order valence-electron chi connectivity index (χ4n) is 3.26.